The van der Waals surface area contributed by atoms with Gasteiger partial charge in [0, 0.05) is 23.9 Å². The summed E-state index contributed by atoms with van der Waals surface area (Å²) < 4.78 is 29.7. The largest absolute Gasteiger partial charge is 0.481 e. The zero-order valence-electron chi connectivity index (χ0n) is 15.9. The van der Waals surface area contributed by atoms with E-state index in [1.807, 2.05) is 6.92 Å². The predicted octanol–water partition coefficient (Wildman–Crippen LogP) is 2.31. The lowest BCUT2D eigenvalue weighted by atomic mass is 9.68. The van der Waals surface area contributed by atoms with Crippen LogP contribution in [0.25, 0.3) is 0 Å². The molecule has 2 atom stereocenters. The van der Waals surface area contributed by atoms with Crippen molar-refractivity contribution in [3.8, 4) is 0 Å². The first kappa shape index (κ1) is 25.5. The van der Waals surface area contributed by atoms with Crippen molar-refractivity contribution in [2.24, 2.45) is 11.3 Å². The van der Waals surface area contributed by atoms with Gasteiger partial charge in [0.1, 0.15) is 0 Å². The van der Waals surface area contributed by atoms with Crippen molar-refractivity contribution in [3.63, 3.8) is 0 Å². The summed E-state index contributed by atoms with van der Waals surface area (Å²) in [6.07, 6.45) is 12.0. The minimum absolute atomic E-state index is 0.200. The molecule has 1 aromatic heterocycles. The third-order valence-electron chi connectivity index (χ3n) is 3.99. The number of unbranched alkanes of at least 4 members (excludes halogenated alkanes) is 1. The van der Waals surface area contributed by atoms with E-state index in [0.717, 1.165) is 20.0 Å². The van der Waals surface area contributed by atoms with Gasteiger partial charge in [0.25, 0.3) is 0 Å². The molecule has 11 heteroatoms. The van der Waals surface area contributed by atoms with Gasteiger partial charge in [0.15, 0.2) is 0 Å². The molecule has 1 aromatic rings. The smallest absolute Gasteiger partial charge is 0.397 e. The number of carbonyl (C=O) groups is 2. The molecule has 0 spiro atoms. The molecule has 0 amide bonds. The maximum atomic E-state index is 11.3. The summed E-state index contributed by atoms with van der Waals surface area (Å²) >= 11 is 0. The zero-order chi connectivity index (χ0) is 21.8. The van der Waals surface area contributed by atoms with Gasteiger partial charge in [0.2, 0.25) is 0 Å². The number of imidazole rings is 1. The fourth-order valence-corrected chi connectivity index (χ4v) is 2.43. The van der Waals surface area contributed by atoms with Crippen LogP contribution < -0.4 is 0 Å². The molecular weight excluding hydrogens is 392 g/mol. The third kappa shape index (κ3) is 8.93. The van der Waals surface area contributed by atoms with E-state index in [-0.39, 0.29) is 5.57 Å². The van der Waals surface area contributed by atoms with Gasteiger partial charge in [-0.15, -0.1) is 0 Å². The summed E-state index contributed by atoms with van der Waals surface area (Å²) in [5.41, 5.74) is -0.914. The van der Waals surface area contributed by atoms with Gasteiger partial charge in [0.05, 0.1) is 18.9 Å². The van der Waals surface area contributed by atoms with Crippen molar-refractivity contribution in [1.29, 1.82) is 0 Å². The van der Waals surface area contributed by atoms with Crippen molar-refractivity contribution in [2.75, 3.05) is 7.11 Å². The lowest BCUT2D eigenvalue weighted by Gasteiger charge is -2.34. The van der Waals surface area contributed by atoms with Crippen molar-refractivity contribution in [1.82, 2.24) is 9.97 Å². The molecule has 1 heterocycles. The van der Waals surface area contributed by atoms with Crippen molar-refractivity contribution < 1.29 is 37.0 Å². The van der Waals surface area contributed by atoms with E-state index in [1.165, 1.54) is 12.2 Å². The number of aromatic nitrogens is 2. The average molecular weight is 418 g/mol. The van der Waals surface area contributed by atoms with Crippen LogP contribution in [0.1, 0.15) is 33.1 Å². The van der Waals surface area contributed by atoms with Gasteiger partial charge in [-0.3, -0.25) is 13.5 Å². The number of carboxylic acid groups (broad SMARTS) is 2. The number of nitrogens with one attached hydrogen (secondary N) is 1. The van der Waals surface area contributed by atoms with Crippen LogP contribution in [0.5, 0.6) is 0 Å². The second kappa shape index (κ2) is 12.1. The Morgan fingerprint density at radius 3 is 2.29 bits per heavy atom. The van der Waals surface area contributed by atoms with E-state index < -0.39 is 33.7 Å². The molecule has 1 aliphatic rings. The summed E-state index contributed by atoms with van der Waals surface area (Å²) in [6.45, 7) is 3.59. The summed E-state index contributed by atoms with van der Waals surface area (Å²) in [6, 6.07) is 0. The molecular formula is C17H26N2O8S. The Morgan fingerprint density at radius 1 is 1.36 bits per heavy atom. The van der Waals surface area contributed by atoms with Crippen LogP contribution in [0.4, 0.5) is 0 Å². The lowest BCUT2D eigenvalue weighted by Crippen LogP contribution is -2.38. The van der Waals surface area contributed by atoms with Gasteiger partial charge >= 0.3 is 22.3 Å². The van der Waals surface area contributed by atoms with Crippen LogP contribution in [0, 0.1) is 11.3 Å². The van der Waals surface area contributed by atoms with E-state index >= 15 is 0 Å². The third-order valence-corrected chi connectivity index (χ3v) is 4.41. The van der Waals surface area contributed by atoms with Crippen LogP contribution in [0.2, 0.25) is 0 Å². The van der Waals surface area contributed by atoms with Gasteiger partial charge in [-0.25, -0.2) is 9.78 Å². The van der Waals surface area contributed by atoms with Crippen LogP contribution >= 0.6 is 0 Å². The number of rotatable bonds is 6. The Bertz CT molecular complexity index is 754. The Morgan fingerprint density at radius 2 is 1.96 bits per heavy atom. The van der Waals surface area contributed by atoms with E-state index in [9.17, 15) is 23.1 Å². The zero-order valence-corrected chi connectivity index (χ0v) is 16.7. The number of aliphatic carboxylic acids is 2. The maximum absolute atomic E-state index is 11.3. The summed E-state index contributed by atoms with van der Waals surface area (Å²) in [5, 5.41) is 18.4. The van der Waals surface area contributed by atoms with E-state index in [2.05, 4.69) is 14.2 Å². The van der Waals surface area contributed by atoms with E-state index in [0.29, 0.717) is 6.42 Å². The molecule has 2 unspecified atom stereocenters. The fourth-order valence-electron chi connectivity index (χ4n) is 2.43. The van der Waals surface area contributed by atoms with Gasteiger partial charge in [-0.05, 0) is 13.3 Å². The summed E-state index contributed by atoms with van der Waals surface area (Å²) in [7, 11) is -3.29. The van der Waals surface area contributed by atoms with Gasteiger partial charge in [-0.1, -0.05) is 38.0 Å². The van der Waals surface area contributed by atoms with Crippen LogP contribution in [0.15, 0.2) is 42.5 Å². The SMILES string of the molecule is CCCCC1C(C(=O)O)=CC=CC1(C)C(=O)O.COS(=O)(=O)O.c1c[nH]cn1. The molecule has 2 rings (SSSR count). The second-order valence-electron chi connectivity index (χ2n) is 5.92. The van der Waals surface area contributed by atoms with Crippen LogP contribution in [-0.4, -0.2) is 52.2 Å². The highest BCUT2D eigenvalue weighted by atomic mass is 32.3. The van der Waals surface area contributed by atoms with Gasteiger partial charge < -0.3 is 15.2 Å². The van der Waals surface area contributed by atoms with Crippen molar-refractivity contribution in [2.45, 2.75) is 33.1 Å². The number of hydrogen-bond acceptors (Lipinski definition) is 6. The molecule has 0 saturated carbocycles. The number of allylic oxidation sites excluding steroid dienone is 2. The second-order valence-corrected chi connectivity index (χ2v) is 7.11. The minimum Gasteiger partial charge on any atom is -0.481 e. The highest BCUT2D eigenvalue weighted by Crippen LogP contribution is 2.41. The maximum Gasteiger partial charge on any atom is 0.397 e. The number of H-pyrrole nitrogens is 1. The molecule has 0 aliphatic heterocycles. The van der Waals surface area contributed by atoms with Crippen LogP contribution in [0.3, 0.4) is 0 Å². The first-order valence-electron chi connectivity index (χ1n) is 8.31. The highest BCUT2D eigenvalue weighted by Gasteiger charge is 2.43. The monoisotopic (exact) mass is 418 g/mol. The quantitative estimate of drug-likeness (QED) is 0.507. The normalized spacial score (nSPS) is 20.7. The molecule has 10 nitrogen and oxygen atoms in total. The van der Waals surface area contributed by atoms with Crippen LogP contribution in [-0.2, 0) is 24.2 Å². The summed E-state index contributed by atoms with van der Waals surface area (Å²) in [5.74, 6) is -2.45. The molecule has 28 heavy (non-hydrogen) atoms. The Labute approximate surface area is 163 Å². The van der Waals surface area contributed by atoms with E-state index in [1.54, 1.807) is 31.7 Å². The highest BCUT2D eigenvalue weighted by molar-refractivity contribution is 7.80. The molecule has 4 N–H and O–H groups in total. The van der Waals surface area contributed by atoms with Gasteiger partial charge in [-0.2, -0.15) is 8.42 Å². The Balaban J connectivity index is 0.000000537. The number of hydrogen-bond donors (Lipinski definition) is 4. The average Bonchev–Trinajstić information content (AvgIpc) is 3.20. The number of carboxylic acids is 2. The number of aromatic amines is 1. The molecule has 0 bridgehead atoms. The molecule has 0 fully saturated rings. The molecule has 0 saturated heterocycles. The fraction of sp³-hybridized carbons (Fsp3) is 0.471. The molecule has 158 valence electrons. The Kier molecular flexibility index (Phi) is 11.0. The minimum atomic E-state index is -4.16. The predicted molar refractivity (Wildman–Crippen MR) is 101 cm³/mol. The standard InChI is InChI=1S/C13H18O4.C3H4N2.CH4O4S/c1-3-4-7-10-9(11(14)15)6-5-8-13(10,2)12(16)17;1-2-5-3-4-1;1-5-6(2,3)4/h5-6,8,10H,3-4,7H2,1-2H3,(H,14,15)(H,16,17);1-3H,(H,4,5);1H3,(H,2,3,4). The Hall–Kier alpha value is -2.50. The molecule has 0 aromatic carbocycles. The molecule has 1 aliphatic carbocycles. The number of nitrogens with zero attached hydrogens (tertiary/aromatic N) is 1. The molecule has 0 radical (unpaired) electrons. The van der Waals surface area contributed by atoms with Crippen molar-refractivity contribution in [3.05, 3.63) is 42.5 Å². The summed E-state index contributed by atoms with van der Waals surface area (Å²) in [4.78, 5) is 28.9. The topological polar surface area (TPSA) is 167 Å². The lowest BCUT2D eigenvalue weighted by molar-refractivity contribution is -0.148. The first-order valence-corrected chi connectivity index (χ1v) is 9.68. The van der Waals surface area contributed by atoms with Crippen molar-refractivity contribution >= 4 is 22.3 Å². The first-order chi connectivity index (χ1) is 13.0. The van der Waals surface area contributed by atoms with E-state index in [4.69, 9.17) is 9.66 Å².